The summed E-state index contributed by atoms with van der Waals surface area (Å²) in [5.74, 6) is 1.34. The number of H-pyrrole nitrogens is 1. The molecule has 2 aromatic carbocycles. The Morgan fingerprint density at radius 3 is 2.58 bits per heavy atom. The summed E-state index contributed by atoms with van der Waals surface area (Å²) >= 11 is 0. The standard InChI is InChI=1S/C31H36N6O3/c1-21-8-6-9-23-18-26(30(38)32-27(21)23)28(29-33-34-35-37(29)15-17-39-5)36(20-25-10-7-16-40-25)19-22-11-13-24(14-12-22)31(2,3)4/h6-14,16,18,28H,15,17,19-20H2,1-5H3,(H,32,38)/t28-/m1/s1. The molecule has 0 aliphatic carbocycles. The number of aromatic amines is 1. The Kier molecular flexibility index (Phi) is 7.95. The van der Waals surface area contributed by atoms with E-state index >= 15 is 0 Å². The zero-order valence-electron chi connectivity index (χ0n) is 23.7. The second-order valence-electron chi connectivity index (χ2n) is 11.2. The molecular formula is C31H36N6O3. The van der Waals surface area contributed by atoms with Crippen molar-refractivity contribution in [1.29, 1.82) is 0 Å². The fraction of sp³-hybridized carbons (Fsp3) is 0.355. The van der Waals surface area contributed by atoms with Crippen LogP contribution in [0.4, 0.5) is 0 Å². The van der Waals surface area contributed by atoms with Crippen molar-refractivity contribution in [2.24, 2.45) is 0 Å². The molecular weight excluding hydrogens is 504 g/mol. The average molecular weight is 541 g/mol. The van der Waals surface area contributed by atoms with Crippen LogP contribution >= 0.6 is 0 Å². The number of hydrogen-bond acceptors (Lipinski definition) is 7. The third-order valence-electron chi connectivity index (χ3n) is 7.23. The van der Waals surface area contributed by atoms with Crippen LogP contribution in [0.25, 0.3) is 10.9 Å². The van der Waals surface area contributed by atoms with Crippen LogP contribution in [-0.4, -0.2) is 43.8 Å². The van der Waals surface area contributed by atoms with Gasteiger partial charge in [0.2, 0.25) is 0 Å². The van der Waals surface area contributed by atoms with Crippen molar-refractivity contribution >= 4 is 10.9 Å². The molecule has 1 atom stereocenters. The molecule has 0 amide bonds. The number of nitrogens with one attached hydrogen (secondary N) is 1. The molecule has 0 aliphatic rings. The Morgan fingerprint density at radius 1 is 1.07 bits per heavy atom. The van der Waals surface area contributed by atoms with Crippen molar-refractivity contribution < 1.29 is 9.15 Å². The molecule has 0 bridgehead atoms. The van der Waals surface area contributed by atoms with Crippen molar-refractivity contribution in [3.05, 3.63) is 111 Å². The summed E-state index contributed by atoms with van der Waals surface area (Å²) in [5.41, 5.74) is 4.63. The van der Waals surface area contributed by atoms with Crippen molar-refractivity contribution in [2.45, 2.75) is 58.8 Å². The van der Waals surface area contributed by atoms with Gasteiger partial charge in [-0.25, -0.2) is 4.68 Å². The van der Waals surface area contributed by atoms with E-state index in [-0.39, 0.29) is 11.0 Å². The molecule has 9 nitrogen and oxygen atoms in total. The highest BCUT2D eigenvalue weighted by molar-refractivity contribution is 5.82. The average Bonchev–Trinajstić information content (AvgIpc) is 3.61. The molecule has 208 valence electrons. The molecule has 3 heterocycles. The van der Waals surface area contributed by atoms with Gasteiger partial charge in [-0.3, -0.25) is 9.69 Å². The summed E-state index contributed by atoms with van der Waals surface area (Å²) < 4.78 is 12.8. The van der Waals surface area contributed by atoms with Crippen LogP contribution in [-0.2, 0) is 29.8 Å². The number of methoxy groups -OCH3 is 1. The van der Waals surface area contributed by atoms with Gasteiger partial charge in [0.25, 0.3) is 5.56 Å². The summed E-state index contributed by atoms with van der Waals surface area (Å²) in [7, 11) is 1.64. The minimum absolute atomic E-state index is 0.0505. The highest BCUT2D eigenvalue weighted by Gasteiger charge is 2.31. The van der Waals surface area contributed by atoms with Gasteiger partial charge in [0.05, 0.1) is 31.5 Å². The van der Waals surface area contributed by atoms with Gasteiger partial charge in [-0.1, -0.05) is 63.2 Å². The Labute approximate surface area is 233 Å². The van der Waals surface area contributed by atoms with E-state index in [2.05, 4.69) is 70.4 Å². The monoisotopic (exact) mass is 540 g/mol. The molecule has 5 rings (SSSR count). The third kappa shape index (κ3) is 5.90. The van der Waals surface area contributed by atoms with E-state index in [9.17, 15) is 4.79 Å². The van der Waals surface area contributed by atoms with Gasteiger partial charge in [-0.15, -0.1) is 5.10 Å². The zero-order chi connectivity index (χ0) is 28.3. The highest BCUT2D eigenvalue weighted by atomic mass is 16.5. The Morgan fingerprint density at radius 2 is 1.88 bits per heavy atom. The molecule has 0 fully saturated rings. The van der Waals surface area contributed by atoms with Crippen LogP contribution in [0.3, 0.4) is 0 Å². The third-order valence-corrected chi connectivity index (χ3v) is 7.23. The number of fused-ring (bicyclic) bond motifs is 1. The number of ether oxygens (including phenoxy) is 1. The lowest BCUT2D eigenvalue weighted by Gasteiger charge is -2.30. The van der Waals surface area contributed by atoms with E-state index in [4.69, 9.17) is 9.15 Å². The summed E-state index contributed by atoms with van der Waals surface area (Å²) in [6.45, 7) is 10.5. The molecule has 0 spiro atoms. The minimum Gasteiger partial charge on any atom is -0.468 e. The second-order valence-corrected chi connectivity index (χ2v) is 11.2. The predicted octanol–water partition coefficient (Wildman–Crippen LogP) is 5.15. The zero-order valence-corrected chi connectivity index (χ0v) is 23.7. The number of benzene rings is 2. The quantitative estimate of drug-likeness (QED) is 0.261. The fourth-order valence-corrected chi connectivity index (χ4v) is 5.03. The van der Waals surface area contributed by atoms with Crippen LogP contribution in [0, 0.1) is 6.92 Å². The smallest absolute Gasteiger partial charge is 0.253 e. The number of aromatic nitrogens is 5. The SMILES string of the molecule is COCCn1nnnc1[C@@H](c1cc2cccc(C)c2[nH]c1=O)N(Cc1ccc(C(C)(C)C)cc1)Cc1ccco1. The van der Waals surface area contributed by atoms with E-state index in [0.29, 0.717) is 37.6 Å². The highest BCUT2D eigenvalue weighted by Crippen LogP contribution is 2.31. The Bertz CT molecular complexity index is 1610. The fourth-order valence-electron chi connectivity index (χ4n) is 5.03. The predicted molar refractivity (Wildman–Crippen MR) is 154 cm³/mol. The lowest BCUT2D eigenvalue weighted by Crippen LogP contribution is -2.35. The van der Waals surface area contributed by atoms with E-state index < -0.39 is 6.04 Å². The molecule has 3 aromatic heterocycles. The molecule has 0 unspecified atom stereocenters. The van der Waals surface area contributed by atoms with Crippen LogP contribution in [0.5, 0.6) is 0 Å². The number of furan rings is 1. The van der Waals surface area contributed by atoms with Gasteiger partial charge in [0.15, 0.2) is 5.82 Å². The molecule has 1 N–H and O–H groups in total. The van der Waals surface area contributed by atoms with E-state index in [1.165, 1.54) is 5.56 Å². The molecule has 0 radical (unpaired) electrons. The Balaban J connectivity index is 1.66. The molecule has 5 aromatic rings. The maximum Gasteiger partial charge on any atom is 0.253 e. The van der Waals surface area contributed by atoms with Gasteiger partial charge < -0.3 is 14.1 Å². The number of tetrazole rings is 1. The van der Waals surface area contributed by atoms with Gasteiger partial charge in [-0.2, -0.15) is 0 Å². The van der Waals surface area contributed by atoms with Crippen LogP contribution in [0.1, 0.15) is 60.7 Å². The molecule has 0 saturated heterocycles. The Hall–Kier alpha value is -4.08. The topological polar surface area (TPSA) is 102 Å². The van der Waals surface area contributed by atoms with Gasteiger partial charge in [0.1, 0.15) is 11.8 Å². The summed E-state index contributed by atoms with van der Waals surface area (Å²) in [5, 5.41) is 13.6. The van der Waals surface area contributed by atoms with Crippen LogP contribution < -0.4 is 5.56 Å². The van der Waals surface area contributed by atoms with Crippen molar-refractivity contribution in [1.82, 2.24) is 30.1 Å². The van der Waals surface area contributed by atoms with Gasteiger partial charge >= 0.3 is 0 Å². The molecule has 0 aliphatic heterocycles. The van der Waals surface area contributed by atoms with Crippen molar-refractivity contribution in [3.63, 3.8) is 0 Å². The molecule has 9 heteroatoms. The first kappa shape index (κ1) is 27.5. The number of para-hydroxylation sites is 1. The van der Waals surface area contributed by atoms with E-state index in [0.717, 1.165) is 27.8 Å². The van der Waals surface area contributed by atoms with Crippen molar-refractivity contribution in [3.8, 4) is 0 Å². The van der Waals surface area contributed by atoms with Crippen LogP contribution in [0.15, 0.2) is 76.1 Å². The molecule has 40 heavy (non-hydrogen) atoms. The first-order valence-electron chi connectivity index (χ1n) is 13.5. The number of nitrogens with zero attached hydrogens (tertiary/aromatic N) is 5. The normalized spacial score (nSPS) is 12.8. The number of hydrogen-bond donors (Lipinski definition) is 1. The summed E-state index contributed by atoms with van der Waals surface area (Å²) in [6, 6.07) is 19.8. The van der Waals surface area contributed by atoms with Crippen LogP contribution in [0.2, 0.25) is 0 Å². The number of rotatable bonds is 10. The molecule has 0 saturated carbocycles. The van der Waals surface area contributed by atoms with E-state index in [1.54, 1.807) is 18.1 Å². The second kappa shape index (κ2) is 11.6. The van der Waals surface area contributed by atoms with E-state index in [1.807, 2.05) is 43.3 Å². The largest absolute Gasteiger partial charge is 0.468 e. The lowest BCUT2D eigenvalue weighted by molar-refractivity contribution is 0.163. The summed E-state index contributed by atoms with van der Waals surface area (Å²) in [6.07, 6.45) is 1.66. The maximum absolute atomic E-state index is 13.8. The maximum atomic E-state index is 13.8. The first-order chi connectivity index (χ1) is 19.2. The minimum atomic E-state index is -0.562. The number of pyridine rings is 1. The summed E-state index contributed by atoms with van der Waals surface area (Å²) in [4.78, 5) is 19.1. The van der Waals surface area contributed by atoms with Crippen molar-refractivity contribution in [2.75, 3.05) is 13.7 Å². The van der Waals surface area contributed by atoms with Gasteiger partial charge in [0, 0.05) is 19.2 Å². The first-order valence-corrected chi connectivity index (χ1v) is 13.5. The van der Waals surface area contributed by atoms with Gasteiger partial charge in [-0.05, 0) is 63.0 Å². The number of aryl methyl sites for hydroxylation is 1. The lowest BCUT2D eigenvalue weighted by atomic mass is 9.86.